The van der Waals surface area contributed by atoms with Gasteiger partial charge in [0.1, 0.15) is 0 Å². The van der Waals surface area contributed by atoms with Crippen LogP contribution < -0.4 is 5.73 Å². The topological polar surface area (TPSA) is 81.3 Å². The normalized spacial score (nSPS) is 23.8. The molecule has 0 spiro atoms. The van der Waals surface area contributed by atoms with E-state index in [9.17, 15) is 4.79 Å². The quantitative estimate of drug-likeness (QED) is 0.895. The second-order valence-corrected chi connectivity index (χ2v) is 6.98. The third-order valence-electron chi connectivity index (χ3n) is 5.13. The minimum Gasteiger partial charge on any atom is -0.378 e. The van der Waals surface area contributed by atoms with Crippen LogP contribution >= 0.6 is 0 Å². The van der Waals surface area contributed by atoms with E-state index >= 15 is 0 Å². The fourth-order valence-electron chi connectivity index (χ4n) is 3.69. The standard InChI is InChI=1S/C18H28N4O2/c1-2-9-24-15-5-3-13(4-6-15)10-17(23)22-8-7-14-11-20-18(19)21-16(14)12-22/h11,13,15H,2-10,12H2,1H3,(H2,19,20,21). The Labute approximate surface area is 143 Å². The molecule has 1 amide bonds. The van der Waals surface area contributed by atoms with Gasteiger partial charge in [-0.05, 0) is 50.0 Å². The van der Waals surface area contributed by atoms with Gasteiger partial charge in [0.2, 0.25) is 11.9 Å². The van der Waals surface area contributed by atoms with Crippen LogP contribution in [0.2, 0.25) is 0 Å². The second kappa shape index (κ2) is 7.92. The van der Waals surface area contributed by atoms with Gasteiger partial charge in [-0.1, -0.05) is 6.92 Å². The van der Waals surface area contributed by atoms with Crippen LogP contribution in [0.3, 0.4) is 0 Å². The molecule has 0 saturated heterocycles. The molecule has 0 radical (unpaired) electrons. The molecule has 0 aromatic carbocycles. The molecule has 0 atom stereocenters. The minimum absolute atomic E-state index is 0.246. The van der Waals surface area contributed by atoms with E-state index in [2.05, 4.69) is 16.9 Å². The van der Waals surface area contributed by atoms with Gasteiger partial charge >= 0.3 is 0 Å². The highest BCUT2D eigenvalue weighted by Crippen LogP contribution is 2.30. The number of fused-ring (bicyclic) bond motifs is 1. The van der Waals surface area contributed by atoms with Crippen molar-refractivity contribution in [3.8, 4) is 0 Å². The van der Waals surface area contributed by atoms with Crippen molar-refractivity contribution >= 4 is 11.9 Å². The fraction of sp³-hybridized carbons (Fsp3) is 0.722. The highest BCUT2D eigenvalue weighted by Gasteiger charge is 2.27. The molecule has 1 saturated carbocycles. The SMILES string of the molecule is CCCOC1CCC(CC(=O)N2CCc3cnc(N)nc3C2)CC1. The van der Waals surface area contributed by atoms with E-state index in [4.69, 9.17) is 10.5 Å². The zero-order valence-corrected chi connectivity index (χ0v) is 14.5. The van der Waals surface area contributed by atoms with Gasteiger partial charge in [-0.3, -0.25) is 4.79 Å². The molecule has 2 heterocycles. The van der Waals surface area contributed by atoms with E-state index in [1.807, 2.05) is 4.90 Å². The number of hydrogen-bond acceptors (Lipinski definition) is 5. The van der Waals surface area contributed by atoms with E-state index in [1.54, 1.807) is 6.20 Å². The Balaban J connectivity index is 1.48. The summed E-state index contributed by atoms with van der Waals surface area (Å²) in [4.78, 5) is 22.9. The Morgan fingerprint density at radius 3 is 2.92 bits per heavy atom. The first-order valence-corrected chi connectivity index (χ1v) is 9.15. The monoisotopic (exact) mass is 332 g/mol. The number of carbonyl (C=O) groups excluding carboxylic acids is 1. The lowest BCUT2D eigenvalue weighted by molar-refractivity contribution is -0.133. The van der Waals surface area contributed by atoms with Gasteiger partial charge in [0.15, 0.2) is 0 Å². The largest absolute Gasteiger partial charge is 0.378 e. The van der Waals surface area contributed by atoms with Crippen LogP contribution in [0.15, 0.2) is 6.20 Å². The van der Waals surface area contributed by atoms with Crippen molar-refractivity contribution in [1.82, 2.24) is 14.9 Å². The Kier molecular flexibility index (Phi) is 5.66. The summed E-state index contributed by atoms with van der Waals surface area (Å²) in [6.45, 7) is 4.32. The molecule has 24 heavy (non-hydrogen) atoms. The number of carbonyl (C=O) groups is 1. The van der Waals surface area contributed by atoms with Crippen molar-refractivity contribution in [3.05, 3.63) is 17.5 Å². The third-order valence-corrected chi connectivity index (χ3v) is 5.13. The van der Waals surface area contributed by atoms with Crippen LogP contribution in [0.5, 0.6) is 0 Å². The number of hydrogen-bond donors (Lipinski definition) is 1. The summed E-state index contributed by atoms with van der Waals surface area (Å²) in [6.07, 6.45) is 9.10. The van der Waals surface area contributed by atoms with Gasteiger partial charge in [-0.2, -0.15) is 0 Å². The molecule has 2 aliphatic rings. The Bertz CT molecular complexity index is 570. The van der Waals surface area contributed by atoms with E-state index in [0.717, 1.165) is 62.9 Å². The lowest BCUT2D eigenvalue weighted by Crippen LogP contribution is -2.38. The van der Waals surface area contributed by atoms with Crippen molar-refractivity contribution in [3.63, 3.8) is 0 Å². The van der Waals surface area contributed by atoms with Gasteiger partial charge in [0, 0.05) is 25.8 Å². The number of rotatable bonds is 5. The lowest BCUT2D eigenvalue weighted by atomic mass is 9.85. The molecule has 0 unspecified atom stereocenters. The summed E-state index contributed by atoms with van der Waals surface area (Å²) in [5.41, 5.74) is 7.68. The highest BCUT2D eigenvalue weighted by molar-refractivity contribution is 5.76. The highest BCUT2D eigenvalue weighted by atomic mass is 16.5. The predicted molar refractivity (Wildman–Crippen MR) is 92.2 cm³/mol. The first-order chi connectivity index (χ1) is 11.7. The van der Waals surface area contributed by atoms with Gasteiger partial charge in [0.05, 0.1) is 18.3 Å². The van der Waals surface area contributed by atoms with Crippen molar-refractivity contribution in [2.75, 3.05) is 18.9 Å². The number of nitrogens with two attached hydrogens (primary N) is 1. The molecule has 1 aliphatic heterocycles. The fourth-order valence-corrected chi connectivity index (χ4v) is 3.69. The van der Waals surface area contributed by atoms with Gasteiger partial charge < -0.3 is 15.4 Å². The Morgan fingerprint density at radius 2 is 2.17 bits per heavy atom. The molecule has 6 heteroatoms. The molecule has 132 valence electrons. The van der Waals surface area contributed by atoms with Crippen molar-refractivity contribution in [2.24, 2.45) is 5.92 Å². The van der Waals surface area contributed by atoms with Gasteiger partial charge in [0.25, 0.3) is 0 Å². The van der Waals surface area contributed by atoms with Crippen LogP contribution in [-0.4, -0.2) is 40.0 Å². The van der Waals surface area contributed by atoms with Crippen molar-refractivity contribution < 1.29 is 9.53 Å². The Hall–Kier alpha value is -1.69. The molecule has 1 aliphatic carbocycles. The average Bonchev–Trinajstić information content (AvgIpc) is 2.60. The molecule has 1 aromatic rings. The molecular formula is C18H28N4O2. The van der Waals surface area contributed by atoms with Crippen LogP contribution in [0.25, 0.3) is 0 Å². The van der Waals surface area contributed by atoms with E-state index < -0.39 is 0 Å². The zero-order chi connectivity index (χ0) is 16.9. The maximum Gasteiger partial charge on any atom is 0.223 e. The summed E-state index contributed by atoms with van der Waals surface area (Å²) < 4.78 is 5.83. The molecule has 6 nitrogen and oxygen atoms in total. The smallest absolute Gasteiger partial charge is 0.223 e. The first kappa shape index (κ1) is 17.1. The maximum absolute atomic E-state index is 12.6. The van der Waals surface area contributed by atoms with Gasteiger partial charge in [-0.15, -0.1) is 0 Å². The number of nitrogens with zero attached hydrogens (tertiary/aromatic N) is 3. The summed E-state index contributed by atoms with van der Waals surface area (Å²) in [5.74, 6) is 1.03. The third kappa shape index (κ3) is 4.23. The van der Waals surface area contributed by atoms with E-state index in [1.165, 1.54) is 0 Å². The zero-order valence-electron chi connectivity index (χ0n) is 14.5. The number of nitrogen functional groups attached to an aromatic ring is 1. The van der Waals surface area contributed by atoms with Gasteiger partial charge in [-0.25, -0.2) is 9.97 Å². The number of ether oxygens (including phenoxy) is 1. The van der Waals surface area contributed by atoms with E-state index in [-0.39, 0.29) is 11.9 Å². The number of anilines is 1. The number of amides is 1. The summed E-state index contributed by atoms with van der Waals surface area (Å²) in [7, 11) is 0. The predicted octanol–water partition coefficient (Wildman–Crippen LogP) is 2.32. The summed E-state index contributed by atoms with van der Waals surface area (Å²) in [5, 5.41) is 0. The van der Waals surface area contributed by atoms with Crippen molar-refractivity contribution in [1.29, 1.82) is 0 Å². The summed E-state index contributed by atoms with van der Waals surface area (Å²) in [6, 6.07) is 0. The minimum atomic E-state index is 0.246. The van der Waals surface area contributed by atoms with Crippen LogP contribution in [-0.2, 0) is 22.5 Å². The molecule has 0 bridgehead atoms. The van der Waals surface area contributed by atoms with E-state index in [0.29, 0.717) is 25.0 Å². The van der Waals surface area contributed by atoms with Crippen LogP contribution in [0, 0.1) is 5.92 Å². The lowest BCUT2D eigenvalue weighted by Gasteiger charge is -2.32. The first-order valence-electron chi connectivity index (χ1n) is 9.15. The van der Waals surface area contributed by atoms with Crippen LogP contribution in [0.4, 0.5) is 5.95 Å². The average molecular weight is 332 g/mol. The molecule has 2 N–H and O–H groups in total. The summed E-state index contributed by atoms with van der Waals surface area (Å²) >= 11 is 0. The molecular weight excluding hydrogens is 304 g/mol. The molecule has 1 fully saturated rings. The van der Waals surface area contributed by atoms with Crippen molar-refractivity contribution in [2.45, 2.75) is 64.5 Å². The Morgan fingerprint density at radius 1 is 1.38 bits per heavy atom. The molecule has 1 aromatic heterocycles. The molecule has 3 rings (SSSR count). The second-order valence-electron chi connectivity index (χ2n) is 6.98. The van der Waals surface area contributed by atoms with Crippen LogP contribution in [0.1, 0.15) is 56.7 Å². The maximum atomic E-state index is 12.6. The number of aromatic nitrogens is 2.